The number of rotatable bonds is 35. The maximum Gasteiger partial charge on any atom is 0.409 e. The van der Waals surface area contributed by atoms with Crippen LogP contribution in [0.1, 0.15) is 169 Å². The highest BCUT2D eigenvalue weighted by Gasteiger charge is 2.55. The van der Waals surface area contributed by atoms with E-state index >= 15 is 0 Å². The number of fused-ring (bicyclic) bond motifs is 4. The van der Waals surface area contributed by atoms with Crippen LogP contribution in [-0.4, -0.2) is 164 Å². The number of amides is 7. The third kappa shape index (κ3) is 20.1. The maximum absolute atomic E-state index is 14.7. The number of thiazole rings is 1. The third-order valence-corrected chi connectivity index (χ3v) is 20.3. The lowest BCUT2D eigenvalue weighted by Gasteiger charge is -2.58. The summed E-state index contributed by atoms with van der Waals surface area (Å²) >= 11 is 1.36. The van der Waals surface area contributed by atoms with Crippen molar-refractivity contribution < 1.29 is 57.7 Å². The van der Waals surface area contributed by atoms with E-state index in [1.807, 2.05) is 60.2 Å². The van der Waals surface area contributed by atoms with Crippen LogP contribution < -0.4 is 36.4 Å². The van der Waals surface area contributed by atoms with Crippen molar-refractivity contribution in [2.45, 2.75) is 163 Å². The molecule has 1 aliphatic heterocycles. The van der Waals surface area contributed by atoms with Gasteiger partial charge in [0.05, 0.1) is 29.0 Å². The number of carbonyl (C=O) groups is 8. The maximum atomic E-state index is 14.7. The molecule has 5 aromatic rings. The number of aromatic carboxylic acids is 1. The first kappa shape index (κ1) is 76.7. The Morgan fingerprint density at radius 2 is 1.64 bits per heavy atom. The zero-order chi connectivity index (χ0) is 72.3. The van der Waals surface area contributed by atoms with Crippen molar-refractivity contribution in [3.8, 4) is 0 Å². The second-order valence-electron chi connectivity index (χ2n) is 27.7. The van der Waals surface area contributed by atoms with Gasteiger partial charge in [0, 0.05) is 107 Å². The average Bonchev–Trinajstić information content (AvgIpc) is 0.884. The standard InChI is InChI=1S/C75H100N12O12S/c1-11-19-64(90)87(48-88)33-17-13-14-22-63(89)82-65(49(3)4)69(93)78-51(6)67(91)79-54-25-23-52(24-26-54)43-98-72(96)85(9)36-35-84(8)55-39-53-29-34-86(42-59(53)57(40-55)68(92)83-71-80-60-20-15-16-21-61(60)100-71)62-28-27-56(66(81-62)70(94)95)58(41-76)50(5)77-47-74-31-18-32-75(46-74,99-38-37-97-10)45-73(7,44-74)30-12-2/h11,15-16,19-21,23-28,39-41,48-49,51,65,76-77H,12-14,17-18,22,29-38,42-47H2,1-10H3,(H,78,93)(H,79,91)(H,82,89)(H,94,95)(H,80,83,92)/b19-11-,58-50+,76-41?/t51-,65-,73?,74?,75?/m0/s1. The van der Waals surface area contributed by atoms with Gasteiger partial charge in [0.2, 0.25) is 24.1 Å². The predicted octanol–water partition coefficient (Wildman–Crippen LogP) is 11.1. The van der Waals surface area contributed by atoms with E-state index in [0.29, 0.717) is 110 Å². The number of aromatic nitrogens is 2. The van der Waals surface area contributed by atoms with E-state index < -0.39 is 41.9 Å². The Balaban J connectivity index is 0.876. The van der Waals surface area contributed by atoms with E-state index in [9.17, 15) is 43.5 Å². The lowest BCUT2D eigenvalue weighted by molar-refractivity contribution is -0.172. The van der Waals surface area contributed by atoms with Crippen LogP contribution in [0.25, 0.3) is 15.8 Å². The van der Waals surface area contributed by atoms with Crippen molar-refractivity contribution in [1.29, 1.82) is 5.41 Å². The molecule has 3 aromatic carbocycles. The van der Waals surface area contributed by atoms with Gasteiger partial charge in [-0.1, -0.05) is 82.2 Å². The number of hydrogen-bond acceptors (Lipinski definition) is 18. The molecule has 5 atom stereocenters. The lowest BCUT2D eigenvalue weighted by Crippen LogP contribution is -2.56. The number of imide groups is 1. The van der Waals surface area contributed by atoms with Gasteiger partial charge in [0.1, 0.15) is 24.5 Å². The molecule has 2 saturated carbocycles. The number of pyridine rings is 1. The monoisotopic (exact) mass is 1390 g/mol. The van der Waals surface area contributed by atoms with E-state index in [0.717, 1.165) is 83.3 Å². The number of hydrogen-bond donors (Lipinski definition) is 7. The van der Waals surface area contributed by atoms with Gasteiger partial charge < -0.3 is 60.7 Å². The Bertz CT molecular complexity index is 3790. The van der Waals surface area contributed by atoms with Crippen LogP contribution in [0.3, 0.4) is 0 Å². The number of nitrogens with zero attached hydrogens (tertiary/aromatic N) is 6. The molecule has 2 aliphatic carbocycles. The highest BCUT2D eigenvalue weighted by Crippen LogP contribution is 2.60. The van der Waals surface area contributed by atoms with Crippen molar-refractivity contribution in [2.75, 3.05) is 87.6 Å². The molecular formula is C75H100N12O12S. The van der Waals surface area contributed by atoms with E-state index in [1.54, 1.807) is 77.4 Å². The molecule has 2 fully saturated rings. The minimum atomic E-state index is -1.23. The summed E-state index contributed by atoms with van der Waals surface area (Å²) in [4.78, 5) is 120. The summed E-state index contributed by atoms with van der Waals surface area (Å²) in [6, 6.07) is 19.9. The van der Waals surface area contributed by atoms with Gasteiger partial charge in [-0.15, -0.1) is 0 Å². The first-order chi connectivity index (χ1) is 47.8. The second-order valence-corrected chi connectivity index (χ2v) is 28.7. The molecule has 3 heterocycles. The minimum Gasteiger partial charge on any atom is -0.476 e. The summed E-state index contributed by atoms with van der Waals surface area (Å²) in [6.45, 7) is 16.6. The predicted molar refractivity (Wildman–Crippen MR) is 390 cm³/mol. The molecule has 7 amide bonds. The molecule has 0 saturated heterocycles. The Kier molecular flexibility index (Phi) is 27.1. The van der Waals surface area contributed by atoms with Crippen molar-refractivity contribution in [1.82, 2.24) is 35.7 Å². The summed E-state index contributed by atoms with van der Waals surface area (Å²) in [7, 11) is 5.21. The van der Waals surface area contributed by atoms with Crippen LogP contribution >= 0.6 is 11.3 Å². The molecule has 2 aromatic heterocycles. The van der Waals surface area contributed by atoms with Crippen molar-refractivity contribution in [3.05, 3.63) is 124 Å². The first-order valence-electron chi connectivity index (χ1n) is 34.7. The SMILES string of the molecule is C/C=C\C(=O)N(C=O)CCCCCC(=O)N[C@H](C(=O)N[C@@H](C)C(=O)Nc1ccc(COC(=O)N(C)CCN(C)c2cc3c(c(C(=O)Nc4nc5ccccc5s4)c2)CN(c2ccc(/C(C=N)=C(\C)NCC45CCCC(OCCOC)(CC(C)(CCC)C4)C5)c(C(=O)O)n2)CC3)cc1)C(C)C. The molecule has 3 unspecified atom stereocenters. The smallest absolute Gasteiger partial charge is 0.409 e. The van der Waals surface area contributed by atoms with E-state index in [1.165, 1.54) is 35.5 Å². The van der Waals surface area contributed by atoms with Crippen molar-refractivity contribution >= 4 is 104 Å². The zero-order valence-electron chi connectivity index (χ0n) is 59.6. The van der Waals surface area contributed by atoms with E-state index in [4.69, 9.17) is 24.6 Å². The van der Waals surface area contributed by atoms with Gasteiger partial charge >= 0.3 is 12.1 Å². The highest BCUT2D eigenvalue weighted by molar-refractivity contribution is 7.22. The summed E-state index contributed by atoms with van der Waals surface area (Å²) in [5.41, 5.74) is 5.75. The molecule has 2 bridgehead atoms. The number of allylic oxidation sites excluding steroid dienone is 3. The summed E-state index contributed by atoms with van der Waals surface area (Å²) in [5, 5.41) is 34.9. The Morgan fingerprint density at radius 3 is 2.34 bits per heavy atom. The van der Waals surface area contributed by atoms with Crippen LogP contribution in [0, 0.1) is 22.2 Å². The van der Waals surface area contributed by atoms with Gasteiger partial charge in [0.25, 0.3) is 11.8 Å². The molecule has 7 N–H and O–H groups in total. The van der Waals surface area contributed by atoms with Crippen molar-refractivity contribution in [3.63, 3.8) is 0 Å². The fourth-order valence-corrected chi connectivity index (χ4v) is 15.3. The molecule has 0 radical (unpaired) electrons. The lowest BCUT2D eigenvalue weighted by atomic mass is 9.51. The van der Waals surface area contributed by atoms with Crippen LogP contribution in [0.15, 0.2) is 90.6 Å². The number of nitrogens with one attached hydrogen (secondary N) is 6. The van der Waals surface area contributed by atoms with E-state index in [2.05, 4.69) is 45.4 Å². The molecule has 3 aliphatic rings. The molecule has 0 spiro atoms. The van der Waals surface area contributed by atoms with E-state index in [-0.39, 0.29) is 72.5 Å². The summed E-state index contributed by atoms with van der Waals surface area (Å²) < 4.78 is 18.7. The Hall–Kier alpha value is -9.07. The molecule has 8 rings (SSSR count). The molecule has 100 heavy (non-hydrogen) atoms. The number of carboxylic acids is 1. The fourth-order valence-electron chi connectivity index (χ4n) is 14.4. The van der Waals surface area contributed by atoms with Gasteiger partial charge in [-0.25, -0.2) is 19.6 Å². The molecule has 538 valence electrons. The number of benzene rings is 3. The number of methoxy groups -OCH3 is 1. The number of carboxylic acid groups (broad SMARTS) is 1. The topological polar surface area (TPSA) is 307 Å². The van der Waals surface area contributed by atoms with Gasteiger partial charge in [-0.2, -0.15) is 0 Å². The van der Waals surface area contributed by atoms with Crippen LogP contribution in [0.2, 0.25) is 0 Å². The largest absolute Gasteiger partial charge is 0.476 e. The summed E-state index contributed by atoms with van der Waals surface area (Å²) in [5.74, 6) is -3.21. The van der Waals surface area contributed by atoms with Gasteiger partial charge in [-0.05, 0) is 173 Å². The Labute approximate surface area is 590 Å². The van der Waals surface area contributed by atoms with Crippen LogP contribution in [0.4, 0.5) is 27.1 Å². The molecular weight excluding hydrogens is 1290 g/mol. The summed E-state index contributed by atoms with van der Waals surface area (Å²) in [6.07, 6.45) is 14.5. The van der Waals surface area contributed by atoms with Crippen molar-refractivity contribution in [2.24, 2.45) is 16.7 Å². The number of unbranched alkanes of at least 4 members (excludes halogenated alkanes) is 2. The van der Waals surface area contributed by atoms with Gasteiger partial charge in [0.15, 0.2) is 10.8 Å². The first-order valence-corrected chi connectivity index (χ1v) is 35.5. The Morgan fingerprint density at radius 1 is 0.870 bits per heavy atom. The normalized spacial score (nSPS) is 18.8. The number of carbonyl (C=O) groups excluding carboxylic acids is 7. The third-order valence-electron chi connectivity index (χ3n) is 19.3. The highest BCUT2D eigenvalue weighted by atomic mass is 32.1. The molecule has 25 heteroatoms. The number of likely N-dealkylation sites (N-methyl/N-ethyl adjacent to an activating group) is 2. The molecule has 24 nitrogen and oxygen atoms in total. The average molecular weight is 1390 g/mol. The zero-order valence-corrected chi connectivity index (χ0v) is 60.4. The van der Waals surface area contributed by atoms with Crippen LogP contribution in [0.5, 0.6) is 0 Å². The number of para-hydroxylation sites is 1. The quantitative estimate of drug-likeness (QED) is 0.00858. The number of anilines is 4. The van der Waals surface area contributed by atoms with Crippen LogP contribution in [-0.2, 0) is 57.8 Å². The second kappa shape index (κ2) is 35.3. The van der Waals surface area contributed by atoms with Gasteiger partial charge in [-0.3, -0.25) is 39.0 Å². The minimum absolute atomic E-state index is 0.0485. The fraction of sp³-hybridized carbons (Fsp3) is 0.507. The number of ether oxygens (including phenoxy) is 3.